The molecule has 23 heavy (non-hydrogen) atoms. The third-order valence-corrected chi connectivity index (χ3v) is 4.05. The molecule has 1 fully saturated rings. The van der Waals surface area contributed by atoms with Crippen molar-refractivity contribution < 1.29 is 24.2 Å². The fourth-order valence-electron chi connectivity index (χ4n) is 1.78. The molecular weight excluding hydrogens is 362 g/mol. The molecule has 0 saturated carbocycles. The molecule has 9 heteroatoms. The van der Waals surface area contributed by atoms with Crippen molar-refractivity contribution in [1.82, 2.24) is 5.32 Å². The zero-order valence-corrected chi connectivity index (χ0v) is 14.3. The number of thioether (sulfide) groups is 1. The Labute approximate surface area is 146 Å². The molecule has 2 N–H and O–H groups in total. The maximum Gasteiger partial charge on any atom is 0.341 e. The number of ether oxygens (including phenoxy) is 2. The molecule has 0 bridgehead atoms. The zero-order valence-electron chi connectivity index (χ0n) is 11.9. The molecule has 0 atom stereocenters. The molecule has 0 radical (unpaired) electrons. The fourth-order valence-corrected chi connectivity index (χ4v) is 3.10. The van der Waals surface area contributed by atoms with Gasteiger partial charge in [0.15, 0.2) is 18.1 Å². The Bertz CT molecular complexity index is 705. The maximum absolute atomic E-state index is 11.7. The fraction of sp³-hybridized carbons (Fsp3) is 0.214. The van der Waals surface area contributed by atoms with E-state index in [9.17, 15) is 9.59 Å². The van der Waals surface area contributed by atoms with Gasteiger partial charge in [-0.05, 0) is 30.7 Å². The summed E-state index contributed by atoms with van der Waals surface area (Å²) in [7, 11) is 0. The summed E-state index contributed by atoms with van der Waals surface area (Å²) < 4.78 is 11.0. The van der Waals surface area contributed by atoms with Crippen molar-refractivity contribution in [3.63, 3.8) is 0 Å². The van der Waals surface area contributed by atoms with Gasteiger partial charge in [-0.2, -0.15) is 0 Å². The summed E-state index contributed by atoms with van der Waals surface area (Å²) >= 11 is 12.2. The highest BCUT2D eigenvalue weighted by Gasteiger charge is 2.22. The lowest BCUT2D eigenvalue weighted by Gasteiger charge is -2.13. The highest BCUT2D eigenvalue weighted by atomic mass is 35.5. The Morgan fingerprint density at radius 3 is 2.78 bits per heavy atom. The van der Waals surface area contributed by atoms with Crippen LogP contribution in [0.4, 0.5) is 0 Å². The summed E-state index contributed by atoms with van der Waals surface area (Å²) in [6.45, 7) is 1.59. The summed E-state index contributed by atoms with van der Waals surface area (Å²) in [6, 6.07) is 3.18. The molecule has 1 aromatic carbocycles. The van der Waals surface area contributed by atoms with Gasteiger partial charge in [-0.25, -0.2) is 4.79 Å². The van der Waals surface area contributed by atoms with Crippen molar-refractivity contribution in [3.05, 3.63) is 27.6 Å². The number of halogens is 1. The van der Waals surface area contributed by atoms with E-state index in [0.29, 0.717) is 27.1 Å². The molecular formula is C14H12ClNO5S2. The zero-order chi connectivity index (χ0) is 17.0. The number of thiocarbonyl (C=S) groups is 1. The number of carbonyl (C=O) groups excluding carboxylic acids is 1. The highest BCUT2D eigenvalue weighted by molar-refractivity contribution is 8.26. The summed E-state index contributed by atoms with van der Waals surface area (Å²) in [5.74, 6) is -0.946. The minimum Gasteiger partial charge on any atom is -0.490 e. The monoisotopic (exact) mass is 373 g/mol. The number of hydrogen-bond donors (Lipinski definition) is 2. The second-order valence-corrected chi connectivity index (χ2v) is 6.42. The van der Waals surface area contributed by atoms with Crippen LogP contribution in [0, 0.1) is 0 Å². The molecule has 1 aromatic rings. The molecule has 0 aromatic heterocycles. The molecule has 0 unspecified atom stereocenters. The maximum atomic E-state index is 11.7. The van der Waals surface area contributed by atoms with Crippen LogP contribution >= 0.6 is 35.6 Å². The number of carbonyl (C=O) groups is 2. The van der Waals surface area contributed by atoms with Crippen LogP contribution < -0.4 is 14.8 Å². The molecule has 1 heterocycles. The van der Waals surface area contributed by atoms with Crippen LogP contribution in [0.25, 0.3) is 6.08 Å². The molecule has 0 aliphatic carbocycles. The molecule has 1 aliphatic rings. The standard InChI is InChI=1S/C14H12ClNO5S2/c1-2-20-9-4-7(5-10-13(19)16-14(22)23-10)3-8(15)12(9)21-6-11(17)18/h3-5H,2,6H2,1H3,(H,17,18)(H,16,19,22)/b10-5-. The topological polar surface area (TPSA) is 84.9 Å². The Balaban J connectivity index is 2.35. The first kappa shape index (κ1) is 17.6. The van der Waals surface area contributed by atoms with E-state index in [0.717, 1.165) is 11.8 Å². The molecule has 0 spiro atoms. The van der Waals surface area contributed by atoms with Gasteiger partial charge in [0.1, 0.15) is 4.32 Å². The van der Waals surface area contributed by atoms with E-state index in [1.54, 1.807) is 25.1 Å². The molecule has 2 rings (SSSR count). The number of carboxylic acids is 1. The summed E-state index contributed by atoms with van der Waals surface area (Å²) in [4.78, 5) is 22.8. The van der Waals surface area contributed by atoms with Crippen molar-refractivity contribution in [1.29, 1.82) is 0 Å². The number of rotatable bonds is 6. The van der Waals surface area contributed by atoms with Crippen molar-refractivity contribution in [2.45, 2.75) is 6.92 Å². The van der Waals surface area contributed by atoms with Gasteiger partial charge in [-0.15, -0.1) is 0 Å². The van der Waals surface area contributed by atoms with Crippen LogP contribution in [-0.2, 0) is 9.59 Å². The summed E-state index contributed by atoms with van der Waals surface area (Å²) in [5, 5.41) is 11.4. The molecule has 1 saturated heterocycles. The van der Waals surface area contributed by atoms with Crippen LogP contribution in [0.3, 0.4) is 0 Å². The van der Waals surface area contributed by atoms with E-state index < -0.39 is 12.6 Å². The van der Waals surface area contributed by atoms with Gasteiger partial charge >= 0.3 is 5.97 Å². The van der Waals surface area contributed by atoms with Crippen LogP contribution in [0.5, 0.6) is 11.5 Å². The van der Waals surface area contributed by atoms with Crippen LogP contribution in [0.2, 0.25) is 5.02 Å². The summed E-state index contributed by atoms with van der Waals surface area (Å²) in [5.41, 5.74) is 0.614. The first-order valence-electron chi connectivity index (χ1n) is 6.46. The largest absolute Gasteiger partial charge is 0.490 e. The van der Waals surface area contributed by atoms with Crippen molar-refractivity contribution in [3.8, 4) is 11.5 Å². The van der Waals surface area contributed by atoms with E-state index in [1.807, 2.05) is 0 Å². The lowest BCUT2D eigenvalue weighted by atomic mass is 10.2. The smallest absolute Gasteiger partial charge is 0.341 e. The Kier molecular flexibility index (Phi) is 5.86. The minimum atomic E-state index is -1.12. The van der Waals surface area contributed by atoms with Gasteiger partial charge in [0.2, 0.25) is 0 Å². The Morgan fingerprint density at radius 2 is 2.22 bits per heavy atom. The Morgan fingerprint density at radius 1 is 1.48 bits per heavy atom. The van der Waals surface area contributed by atoms with E-state index in [2.05, 4.69) is 5.32 Å². The van der Waals surface area contributed by atoms with Gasteiger partial charge in [0, 0.05) is 0 Å². The van der Waals surface area contributed by atoms with Crippen molar-refractivity contribution in [2.75, 3.05) is 13.2 Å². The first-order chi connectivity index (χ1) is 10.9. The van der Waals surface area contributed by atoms with E-state index in [-0.39, 0.29) is 16.7 Å². The lowest BCUT2D eigenvalue weighted by Crippen LogP contribution is -2.17. The quantitative estimate of drug-likeness (QED) is 0.585. The average molecular weight is 374 g/mol. The predicted octanol–water partition coefficient (Wildman–Crippen LogP) is 2.69. The normalized spacial score (nSPS) is 15.7. The molecule has 1 amide bonds. The lowest BCUT2D eigenvalue weighted by molar-refractivity contribution is -0.139. The van der Waals surface area contributed by atoms with E-state index in [1.165, 1.54) is 0 Å². The summed E-state index contributed by atoms with van der Waals surface area (Å²) in [6.07, 6.45) is 1.62. The van der Waals surface area contributed by atoms with E-state index >= 15 is 0 Å². The number of nitrogens with one attached hydrogen (secondary N) is 1. The van der Waals surface area contributed by atoms with E-state index in [4.69, 9.17) is 38.4 Å². The van der Waals surface area contributed by atoms with Gasteiger partial charge in [-0.3, -0.25) is 4.79 Å². The SMILES string of the molecule is CCOc1cc(/C=C2\SC(=S)NC2=O)cc(Cl)c1OCC(=O)O. The predicted molar refractivity (Wildman–Crippen MR) is 92.1 cm³/mol. The highest BCUT2D eigenvalue weighted by Crippen LogP contribution is 2.38. The number of carboxylic acid groups (broad SMARTS) is 1. The second-order valence-electron chi connectivity index (χ2n) is 4.30. The van der Waals surface area contributed by atoms with Crippen molar-refractivity contribution in [2.24, 2.45) is 0 Å². The average Bonchev–Trinajstić information content (AvgIpc) is 2.76. The minimum absolute atomic E-state index is 0.150. The van der Waals surface area contributed by atoms with Crippen LogP contribution in [0.1, 0.15) is 12.5 Å². The second kappa shape index (κ2) is 7.67. The number of hydrogen-bond acceptors (Lipinski definition) is 6. The van der Waals surface area contributed by atoms with Crippen molar-refractivity contribution >= 4 is 57.9 Å². The molecule has 6 nitrogen and oxygen atoms in total. The molecule has 122 valence electrons. The number of amides is 1. The van der Waals surface area contributed by atoms with Crippen LogP contribution in [0.15, 0.2) is 17.0 Å². The Hall–Kier alpha value is -1.77. The molecule has 1 aliphatic heterocycles. The first-order valence-corrected chi connectivity index (χ1v) is 8.06. The number of aliphatic carboxylic acids is 1. The van der Waals surface area contributed by atoms with Crippen LogP contribution in [-0.4, -0.2) is 34.5 Å². The third-order valence-electron chi connectivity index (χ3n) is 2.61. The van der Waals surface area contributed by atoms with Gasteiger partial charge in [-0.1, -0.05) is 35.6 Å². The van der Waals surface area contributed by atoms with Gasteiger partial charge < -0.3 is 19.9 Å². The van der Waals surface area contributed by atoms with Gasteiger partial charge in [0.25, 0.3) is 5.91 Å². The number of benzene rings is 1. The third kappa shape index (κ3) is 4.60. The van der Waals surface area contributed by atoms with Gasteiger partial charge in [0.05, 0.1) is 16.5 Å².